The highest BCUT2D eigenvalue weighted by atomic mass is 79.9. The average molecular weight is 330 g/mol. The minimum absolute atomic E-state index is 0.560. The Balaban J connectivity index is 2.03. The second-order valence-electron chi connectivity index (χ2n) is 4.24. The molecule has 1 unspecified atom stereocenters. The molecule has 0 aliphatic heterocycles. The van der Waals surface area contributed by atoms with E-state index in [1.54, 1.807) is 10.7 Å². The summed E-state index contributed by atoms with van der Waals surface area (Å²) in [4.78, 5) is 0. The van der Waals surface area contributed by atoms with Crippen LogP contribution in [-0.4, -0.2) is 14.9 Å². The van der Waals surface area contributed by atoms with Gasteiger partial charge in [-0.25, -0.2) is 0 Å². The number of rotatable bonds is 4. The zero-order valence-corrected chi connectivity index (χ0v) is 12.3. The lowest BCUT2D eigenvalue weighted by Crippen LogP contribution is -2.00. The predicted octanol–water partition coefficient (Wildman–Crippen LogP) is 3.50. The monoisotopic (exact) mass is 328 g/mol. The van der Waals surface area contributed by atoms with Crippen molar-refractivity contribution < 1.29 is 5.11 Å². The van der Waals surface area contributed by atoms with Crippen LogP contribution in [0.25, 0.3) is 0 Å². The molecule has 0 aliphatic rings. The summed E-state index contributed by atoms with van der Waals surface area (Å²) < 4.78 is 2.68. The lowest BCUT2D eigenvalue weighted by molar-refractivity contribution is 0.168. The summed E-state index contributed by atoms with van der Waals surface area (Å²) in [6.07, 6.45) is 4.61. The Morgan fingerprint density at radius 1 is 1.50 bits per heavy atom. The first kappa shape index (κ1) is 13.6. The second kappa shape index (κ2) is 5.87. The van der Waals surface area contributed by atoms with E-state index in [1.165, 1.54) is 0 Å². The summed E-state index contributed by atoms with van der Waals surface area (Å²) in [7, 11) is 1.88. The number of benzene rings is 1. The van der Waals surface area contributed by atoms with Crippen LogP contribution in [0.2, 0.25) is 5.02 Å². The summed E-state index contributed by atoms with van der Waals surface area (Å²) in [6.45, 7) is 0. The van der Waals surface area contributed by atoms with Gasteiger partial charge in [-0.05, 0) is 36.6 Å². The Labute approximate surface area is 120 Å². The highest BCUT2D eigenvalue weighted by Crippen LogP contribution is 2.29. The van der Waals surface area contributed by atoms with E-state index in [-0.39, 0.29) is 0 Å². The van der Waals surface area contributed by atoms with Crippen molar-refractivity contribution in [1.29, 1.82) is 0 Å². The maximum Gasteiger partial charge on any atom is 0.0808 e. The number of aromatic nitrogens is 2. The molecular weight excluding hydrogens is 316 g/mol. The Hall–Kier alpha value is -0.840. The molecule has 0 fully saturated rings. The summed E-state index contributed by atoms with van der Waals surface area (Å²) in [5, 5.41) is 14.9. The van der Waals surface area contributed by atoms with Gasteiger partial charge in [0.15, 0.2) is 0 Å². The molecule has 0 saturated carbocycles. The zero-order chi connectivity index (χ0) is 13.1. The topological polar surface area (TPSA) is 38.0 Å². The fraction of sp³-hybridized carbons (Fsp3) is 0.308. The summed E-state index contributed by atoms with van der Waals surface area (Å²) in [5.74, 6) is 0. The molecule has 18 heavy (non-hydrogen) atoms. The molecule has 0 spiro atoms. The predicted molar refractivity (Wildman–Crippen MR) is 75.6 cm³/mol. The third kappa shape index (κ3) is 3.34. The van der Waals surface area contributed by atoms with Crippen LogP contribution in [0.4, 0.5) is 0 Å². The molecule has 96 valence electrons. The molecule has 0 bridgehead atoms. The first-order valence-electron chi connectivity index (χ1n) is 5.67. The number of hydrogen-bond acceptors (Lipinski definition) is 2. The van der Waals surface area contributed by atoms with E-state index >= 15 is 0 Å². The molecule has 1 aromatic heterocycles. The van der Waals surface area contributed by atoms with Crippen molar-refractivity contribution in [1.82, 2.24) is 9.78 Å². The molecule has 0 saturated heterocycles. The van der Waals surface area contributed by atoms with E-state index in [4.69, 9.17) is 11.6 Å². The van der Waals surface area contributed by atoms with Gasteiger partial charge in [-0.2, -0.15) is 5.10 Å². The van der Waals surface area contributed by atoms with Crippen LogP contribution < -0.4 is 0 Å². The molecule has 1 atom stereocenters. The Morgan fingerprint density at radius 2 is 2.28 bits per heavy atom. The van der Waals surface area contributed by atoms with Gasteiger partial charge in [0.25, 0.3) is 0 Å². The molecule has 0 amide bonds. The molecule has 1 heterocycles. The molecule has 1 aromatic carbocycles. The average Bonchev–Trinajstić information content (AvgIpc) is 2.75. The van der Waals surface area contributed by atoms with Crippen LogP contribution in [-0.2, 0) is 13.5 Å². The minimum Gasteiger partial charge on any atom is -0.388 e. The first-order chi connectivity index (χ1) is 8.56. The number of halogens is 2. The third-order valence-corrected chi connectivity index (χ3v) is 3.62. The first-order valence-corrected chi connectivity index (χ1v) is 6.84. The van der Waals surface area contributed by atoms with Gasteiger partial charge < -0.3 is 5.11 Å². The standard InChI is InChI=1S/C13H14BrClN2O/c1-17-8-9(7-16-17)2-5-13(18)11-6-10(14)3-4-12(11)15/h3-4,6-8,13,18H,2,5H2,1H3. The van der Waals surface area contributed by atoms with Gasteiger partial charge in [0.1, 0.15) is 0 Å². The van der Waals surface area contributed by atoms with Gasteiger partial charge in [-0.15, -0.1) is 0 Å². The highest BCUT2D eigenvalue weighted by molar-refractivity contribution is 9.10. The van der Waals surface area contributed by atoms with Crippen LogP contribution >= 0.6 is 27.5 Å². The maximum atomic E-state index is 10.2. The van der Waals surface area contributed by atoms with Gasteiger partial charge in [0.2, 0.25) is 0 Å². The third-order valence-electron chi connectivity index (χ3n) is 2.78. The maximum absolute atomic E-state index is 10.2. The van der Waals surface area contributed by atoms with Crippen LogP contribution in [0.5, 0.6) is 0 Å². The van der Waals surface area contributed by atoms with E-state index in [1.807, 2.05) is 31.6 Å². The van der Waals surface area contributed by atoms with Crippen LogP contribution in [0, 0.1) is 0 Å². The minimum atomic E-state index is -0.560. The van der Waals surface area contributed by atoms with Gasteiger partial charge in [0, 0.05) is 28.3 Å². The molecule has 2 aromatic rings. The quantitative estimate of drug-likeness (QED) is 0.932. The zero-order valence-electron chi connectivity index (χ0n) is 9.98. The molecule has 5 heteroatoms. The van der Waals surface area contributed by atoms with Crippen LogP contribution in [0.3, 0.4) is 0 Å². The summed E-state index contributed by atoms with van der Waals surface area (Å²) >= 11 is 9.46. The number of hydrogen-bond donors (Lipinski definition) is 1. The van der Waals surface area contributed by atoms with E-state index in [0.29, 0.717) is 11.4 Å². The van der Waals surface area contributed by atoms with Gasteiger partial charge >= 0.3 is 0 Å². The fourth-order valence-electron chi connectivity index (χ4n) is 1.83. The van der Waals surface area contributed by atoms with E-state index < -0.39 is 6.10 Å². The molecule has 0 radical (unpaired) electrons. The van der Waals surface area contributed by atoms with E-state index in [9.17, 15) is 5.11 Å². The number of nitrogens with zero attached hydrogens (tertiary/aromatic N) is 2. The van der Waals surface area contributed by atoms with Gasteiger partial charge in [0.05, 0.1) is 12.3 Å². The molecular formula is C13H14BrClN2O. The van der Waals surface area contributed by atoms with Crippen molar-refractivity contribution in [2.24, 2.45) is 7.05 Å². The van der Waals surface area contributed by atoms with Crippen molar-refractivity contribution >= 4 is 27.5 Å². The second-order valence-corrected chi connectivity index (χ2v) is 5.57. The summed E-state index contributed by atoms with van der Waals surface area (Å²) in [6, 6.07) is 5.50. The van der Waals surface area contributed by atoms with Crippen molar-refractivity contribution in [3.63, 3.8) is 0 Å². The van der Waals surface area contributed by atoms with Crippen molar-refractivity contribution in [3.05, 3.63) is 51.2 Å². The Kier molecular flexibility index (Phi) is 4.43. The fourth-order valence-corrected chi connectivity index (χ4v) is 2.45. The van der Waals surface area contributed by atoms with Crippen LogP contribution in [0.1, 0.15) is 23.7 Å². The molecule has 2 rings (SSSR count). The van der Waals surface area contributed by atoms with Gasteiger partial charge in [-0.3, -0.25) is 4.68 Å². The van der Waals surface area contributed by atoms with E-state index in [2.05, 4.69) is 21.0 Å². The molecule has 0 aliphatic carbocycles. The Bertz CT molecular complexity index is 542. The number of aliphatic hydroxyl groups excluding tert-OH is 1. The van der Waals surface area contributed by atoms with Crippen molar-refractivity contribution in [2.45, 2.75) is 18.9 Å². The smallest absolute Gasteiger partial charge is 0.0808 e. The molecule has 1 N–H and O–H groups in total. The van der Waals surface area contributed by atoms with Crippen molar-refractivity contribution in [2.75, 3.05) is 0 Å². The number of aliphatic hydroxyl groups is 1. The molecule has 3 nitrogen and oxygen atoms in total. The largest absolute Gasteiger partial charge is 0.388 e. The van der Waals surface area contributed by atoms with Gasteiger partial charge in [-0.1, -0.05) is 27.5 Å². The lowest BCUT2D eigenvalue weighted by atomic mass is 10.0. The Morgan fingerprint density at radius 3 is 2.94 bits per heavy atom. The summed E-state index contributed by atoms with van der Waals surface area (Å²) in [5.41, 5.74) is 1.87. The van der Waals surface area contributed by atoms with Crippen molar-refractivity contribution in [3.8, 4) is 0 Å². The number of aryl methyl sites for hydroxylation is 2. The highest BCUT2D eigenvalue weighted by Gasteiger charge is 2.12. The van der Waals surface area contributed by atoms with Crippen LogP contribution in [0.15, 0.2) is 35.1 Å². The van der Waals surface area contributed by atoms with E-state index in [0.717, 1.165) is 22.0 Å². The lowest BCUT2D eigenvalue weighted by Gasteiger charge is -2.12. The SMILES string of the molecule is Cn1cc(CCC(O)c2cc(Br)ccc2Cl)cn1. The normalized spacial score (nSPS) is 12.7.